The van der Waals surface area contributed by atoms with Crippen LogP contribution in [0.5, 0.6) is 0 Å². The Balaban J connectivity index is 2.05. The summed E-state index contributed by atoms with van der Waals surface area (Å²) in [6.45, 7) is 0.683. The molecule has 0 radical (unpaired) electrons. The highest BCUT2D eigenvalue weighted by molar-refractivity contribution is 5.87. The Kier molecular flexibility index (Phi) is 6.38. The average Bonchev–Trinajstić information content (AvgIpc) is 3.15. The van der Waals surface area contributed by atoms with Crippen molar-refractivity contribution in [3.8, 4) is 0 Å². The molecule has 2 aromatic carbocycles. The first kappa shape index (κ1) is 20.9. The van der Waals surface area contributed by atoms with E-state index in [1.165, 1.54) is 31.4 Å². The maximum atomic E-state index is 12.5. The van der Waals surface area contributed by atoms with Gasteiger partial charge in [-0.05, 0) is 17.2 Å². The molecule has 1 atom stereocenters. The number of methoxy groups -OCH3 is 1. The zero-order valence-corrected chi connectivity index (χ0v) is 16.2. The van der Waals surface area contributed by atoms with Gasteiger partial charge in [0.15, 0.2) is 0 Å². The van der Waals surface area contributed by atoms with Crippen LogP contribution in [0, 0.1) is 20.2 Å². The van der Waals surface area contributed by atoms with E-state index in [0.29, 0.717) is 35.2 Å². The van der Waals surface area contributed by atoms with Crippen LogP contribution in [0.2, 0.25) is 0 Å². The smallest absolute Gasteiger partial charge is 0.270 e. The molecular weight excluding hydrogens is 392 g/mol. The minimum Gasteiger partial charge on any atom is -0.383 e. The lowest BCUT2D eigenvalue weighted by Crippen LogP contribution is -2.28. The van der Waals surface area contributed by atoms with Crippen molar-refractivity contribution in [2.24, 2.45) is 0 Å². The summed E-state index contributed by atoms with van der Waals surface area (Å²) in [7, 11) is 1.52. The molecule has 0 aliphatic carbocycles. The van der Waals surface area contributed by atoms with Crippen molar-refractivity contribution in [3.63, 3.8) is 0 Å². The van der Waals surface area contributed by atoms with Crippen molar-refractivity contribution in [2.45, 2.75) is 12.3 Å². The van der Waals surface area contributed by atoms with Crippen LogP contribution in [0.4, 0.5) is 11.4 Å². The predicted molar refractivity (Wildman–Crippen MR) is 109 cm³/mol. The number of aromatic nitrogens is 1. The minimum atomic E-state index is -0.539. The quantitative estimate of drug-likeness (QED) is 0.314. The van der Waals surface area contributed by atoms with Crippen LogP contribution in [0.3, 0.4) is 0 Å². The first-order valence-electron chi connectivity index (χ1n) is 9.16. The van der Waals surface area contributed by atoms with Crippen LogP contribution in [-0.2, 0) is 9.53 Å². The molecule has 0 aliphatic heterocycles. The van der Waals surface area contributed by atoms with E-state index in [4.69, 9.17) is 4.74 Å². The van der Waals surface area contributed by atoms with Crippen LogP contribution >= 0.6 is 0 Å². The number of nitrogens with zero attached hydrogens (tertiary/aromatic N) is 2. The van der Waals surface area contributed by atoms with Crippen molar-refractivity contribution in [3.05, 3.63) is 80.0 Å². The highest BCUT2D eigenvalue weighted by Crippen LogP contribution is 2.36. The topological polar surface area (TPSA) is 140 Å². The second kappa shape index (κ2) is 9.14. The molecule has 2 N–H and O–H groups in total. The molecular formula is C20H20N4O6. The van der Waals surface area contributed by atoms with Gasteiger partial charge in [0, 0.05) is 67.4 Å². The zero-order valence-electron chi connectivity index (χ0n) is 16.2. The fourth-order valence-electron chi connectivity index (χ4n) is 3.34. The normalized spacial score (nSPS) is 11.9. The highest BCUT2D eigenvalue weighted by Gasteiger charge is 2.24. The minimum absolute atomic E-state index is 0.0144. The number of benzene rings is 2. The van der Waals surface area contributed by atoms with Gasteiger partial charge < -0.3 is 15.0 Å². The van der Waals surface area contributed by atoms with Gasteiger partial charge in [-0.3, -0.25) is 25.0 Å². The number of carbonyl (C=O) groups is 1. The number of nitro groups is 2. The monoisotopic (exact) mass is 412 g/mol. The third kappa shape index (κ3) is 4.61. The number of nitrogens with one attached hydrogen (secondary N) is 2. The van der Waals surface area contributed by atoms with Crippen molar-refractivity contribution >= 4 is 28.2 Å². The molecule has 3 rings (SSSR count). The zero-order chi connectivity index (χ0) is 21.7. The Labute approximate surface area is 171 Å². The highest BCUT2D eigenvalue weighted by atomic mass is 16.6. The van der Waals surface area contributed by atoms with Crippen LogP contribution in [-0.4, -0.2) is 41.0 Å². The molecule has 156 valence electrons. The van der Waals surface area contributed by atoms with Gasteiger partial charge >= 0.3 is 0 Å². The second-order valence-corrected chi connectivity index (χ2v) is 6.68. The summed E-state index contributed by atoms with van der Waals surface area (Å²) in [4.78, 5) is 37.0. The lowest BCUT2D eigenvalue weighted by atomic mass is 9.87. The van der Waals surface area contributed by atoms with Gasteiger partial charge in [0.2, 0.25) is 5.91 Å². The number of aromatic amines is 1. The van der Waals surface area contributed by atoms with Crippen LogP contribution in [0.1, 0.15) is 23.5 Å². The number of carbonyl (C=O) groups excluding carboxylic acids is 1. The van der Waals surface area contributed by atoms with Gasteiger partial charge in [-0.15, -0.1) is 0 Å². The summed E-state index contributed by atoms with van der Waals surface area (Å²) in [6, 6.07) is 10.5. The third-order valence-electron chi connectivity index (χ3n) is 4.78. The van der Waals surface area contributed by atoms with E-state index >= 15 is 0 Å². The molecule has 0 aliphatic rings. The number of H-pyrrole nitrogens is 1. The van der Waals surface area contributed by atoms with Gasteiger partial charge in [0.05, 0.1) is 16.5 Å². The van der Waals surface area contributed by atoms with Crippen LogP contribution < -0.4 is 5.32 Å². The van der Waals surface area contributed by atoms with E-state index in [9.17, 15) is 25.0 Å². The van der Waals surface area contributed by atoms with Crippen molar-refractivity contribution in [1.82, 2.24) is 10.3 Å². The number of nitro benzene ring substituents is 2. The first-order valence-corrected chi connectivity index (χ1v) is 9.16. The lowest BCUT2D eigenvalue weighted by Gasteiger charge is -2.17. The average molecular weight is 412 g/mol. The molecule has 10 nitrogen and oxygen atoms in total. The Bertz CT molecular complexity index is 1090. The summed E-state index contributed by atoms with van der Waals surface area (Å²) in [5.41, 5.74) is 1.72. The molecule has 0 spiro atoms. The number of amides is 1. The SMILES string of the molecule is COCCNC(=O)C[C@@H](c1cccc([N+](=O)[O-])c1)c1c[nH]c2ccc([N+](=O)[O-])cc12. The van der Waals surface area contributed by atoms with E-state index in [0.717, 1.165) is 0 Å². The van der Waals surface area contributed by atoms with Gasteiger partial charge in [0.25, 0.3) is 11.4 Å². The molecule has 1 amide bonds. The summed E-state index contributed by atoms with van der Waals surface area (Å²) in [5.74, 6) is -0.800. The summed E-state index contributed by atoms with van der Waals surface area (Å²) in [6.07, 6.45) is 1.70. The van der Waals surface area contributed by atoms with Crippen molar-refractivity contribution in [1.29, 1.82) is 0 Å². The van der Waals surface area contributed by atoms with E-state index in [-0.39, 0.29) is 23.7 Å². The Morgan fingerprint density at radius 3 is 2.57 bits per heavy atom. The maximum absolute atomic E-state index is 12.5. The number of non-ortho nitro benzene ring substituents is 2. The molecule has 3 aromatic rings. The van der Waals surface area contributed by atoms with Crippen molar-refractivity contribution < 1.29 is 19.4 Å². The second-order valence-electron chi connectivity index (χ2n) is 6.68. The molecule has 30 heavy (non-hydrogen) atoms. The number of hydrogen-bond acceptors (Lipinski definition) is 6. The fourth-order valence-corrected chi connectivity index (χ4v) is 3.34. The van der Waals surface area contributed by atoms with E-state index in [2.05, 4.69) is 10.3 Å². The molecule has 0 bridgehead atoms. The Morgan fingerprint density at radius 2 is 1.87 bits per heavy atom. The molecule has 1 heterocycles. The van der Waals surface area contributed by atoms with Crippen LogP contribution in [0.15, 0.2) is 48.7 Å². The predicted octanol–water partition coefficient (Wildman–Crippen LogP) is 3.27. The number of rotatable bonds is 9. The first-order chi connectivity index (χ1) is 14.4. The molecule has 10 heteroatoms. The largest absolute Gasteiger partial charge is 0.383 e. The Hall–Kier alpha value is -3.79. The van der Waals surface area contributed by atoms with Gasteiger partial charge in [0.1, 0.15) is 0 Å². The number of hydrogen-bond donors (Lipinski definition) is 2. The van der Waals surface area contributed by atoms with E-state index in [1.807, 2.05) is 0 Å². The van der Waals surface area contributed by atoms with E-state index in [1.54, 1.807) is 24.4 Å². The number of ether oxygens (including phenoxy) is 1. The molecule has 0 saturated heterocycles. The standard InChI is InChI=1S/C20H20N4O6/c1-30-8-7-21-20(25)11-16(13-3-2-4-14(9-13)23(26)27)18-12-22-19-6-5-15(24(28)29)10-17(18)19/h2-6,9-10,12,16,22H,7-8,11H2,1H3,(H,21,25)/t16-/m0/s1. The van der Waals surface area contributed by atoms with E-state index < -0.39 is 15.8 Å². The van der Waals surface area contributed by atoms with Gasteiger partial charge in [-0.2, -0.15) is 0 Å². The van der Waals surface area contributed by atoms with Gasteiger partial charge in [-0.1, -0.05) is 12.1 Å². The molecule has 1 aromatic heterocycles. The summed E-state index contributed by atoms with van der Waals surface area (Å²) in [5, 5.41) is 25.8. The Morgan fingerprint density at radius 1 is 1.13 bits per heavy atom. The molecule has 0 saturated carbocycles. The fraction of sp³-hybridized carbons (Fsp3) is 0.250. The summed E-state index contributed by atoms with van der Waals surface area (Å²) >= 11 is 0. The summed E-state index contributed by atoms with van der Waals surface area (Å²) < 4.78 is 4.93. The maximum Gasteiger partial charge on any atom is 0.270 e. The van der Waals surface area contributed by atoms with Gasteiger partial charge in [-0.25, -0.2) is 0 Å². The number of fused-ring (bicyclic) bond motifs is 1. The molecule has 0 fully saturated rings. The third-order valence-corrected chi connectivity index (χ3v) is 4.78. The van der Waals surface area contributed by atoms with Crippen molar-refractivity contribution in [2.75, 3.05) is 20.3 Å². The molecule has 0 unspecified atom stereocenters. The van der Waals surface area contributed by atoms with Crippen LogP contribution in [0.25, 0.3) is 10.9 Å². The lowest BCUT2D eigenvalue weighted by molar-refractivity contribution is -0.385.